The molecule has 38 heavy (non-hydrogen) atoms. The van der Waals surface area contributed by atoms with Crippen LogP contribution in [0.1, 0.15) is 29.8 Å². The van der Waals surface area contributed by atoms with Gasteiger partial charge >= 0.3 is 0 Å². The molecule has 194 valence electrons. The van der Waals surface area contributed by atoms with Crippen molar-refractivity contribution in [1.29, 1.82) is 0 Å². The molecule has 0 fully saturated rings. The summed E-state index contributed by atoms with van der Waals surface area (Å²) >= 11 is 0. The molecule has 0 aliphatic carbocycles. The maximum absolute atomic E-state index is 13.5. The van der Waals surface area contributed by atoms with Gasteiger partial charge in [0.25, 0.3) is 0 Å². The summed E-state index contributed by atoms with van der Waals surface area (Å²) in [5.74, 6) is 1.48. The van der Waals surface area contributed by atoms with Crippen molar-refractivity contribution in [2.45, 2.75) is 20.4 Å². The summed E-state index contributed by atoms with van der Waals surface area (Å²) in [6.07, 6.45) is 1.43. The summed E-state index contributed by atoms with van der Waals surface area (Å²) in [6.45, 7) is 4.62. The molecule has 9 nitrogen and oxygen atoms in total. The number of nitrogens with one attached hydrogen (secondary N) is 1. The Labute approximate surface area is 218 Å². The van der Waals surface area contributed by atoms with Gasteiger partial charge in [0.2, 0.25) is 18.1 Å². The van der Waals surface area contributed by atoms with E-state index in [2.05, 4.69) is 5.32 Å². The molecule has 0 bridgehead atoms. The standard InChI is InChI=1S/C29H26N2O7/c1-3-35-20-8-5-18(6-9-20)28(33)23-15-31(24-11-10-21(36-4-2)14-22(24)29(23)34)16-27(32)30-19-7-12-25-26(13-19)38-17-37-25/h5-15H,3-4,16-17H2,1-2H3,(H,30,32). The molecule has 0 atom stereocenters. The maximum atomic E-state index is 13.5. The van der Waals surface area contributed by atoms with Gasteiger partial charge in [0.15, 0.2) is 17.3 Å². The van der Waals surface area contributed by atoms with Crippen LogP contribution in [0.4, 0.5) is 5.69 Å². The number of nitrogens with zero attached hydrogens (tertiary/aromatic N) is 1. The van der Waals surface area contributed by atoms with Crippen LogP contribution in [0.15, 0.2) is 71.7 Å². The van der Waals surface area contributed by atoms with Crippen LogP contribution in [0.3, 0.4) is 0 Å². The Bertz CT molecular complexity index is 1570. The van der Waals surface area contributed by atoms with Gasteiger partial charge in [-0.05, 0) is 68.4 Å². The van der Waals surface area contributed by atoms with Gasteiger partial charge in [0.05, 0.1) is 29.7 Å². The molecule has 1 aliphatic heterocycles. The summed E-state index contributed by atoms with van der Waals surface area (Å²) in [7, 11) is 0. The van der Waals surface area contributed by atoms with Crippen molar-refractivity contribution in [2.75, 3.05) is 25.3 Å². The zero-order valence-corrected chi connectivity index (χ0v) is 21.0. The number of anilines is 1. The number of carbonyl (C=O) groups is 2. The fraction of sp³-hybridized carbons (Fsp3) is 0.207. The van der Waals surface area contributed by atoms with E-state index in [1.54, 1.807) is 65.2 Å². The SMILES string of the molecule is CCOc1ccc(C(=O)c2cn(CC(=O)Nc3ccc4c(c3)OCO4)c3ccc(OCC)cc3c2=O)cc1. The van der Waals surface area contributed by atoms with Crippen molar-refractivity contribution in [3.8, 4) is 23.0 Å². The second-order valence-corrected chi connectivity index (χ2v) is 8.51. The number of ketones is 1. The van der Waals surface area contributed by atoms with Gasteiger partial charge in [-0.25, -0.2) is 0 Å². The average molecular weight is 515 g/mol. The van der Waals surface area contributed by atoms with Crippen molar-refractivity contribution in [3.05, 3.63) is 88.2 Å². The second kappa shape index (κ2) is 10.7. The fourth-order valence-corrected chi connectivity index (χ4v) is 4.28. The van der Waals surface area contributed by atoms with Crippen LogP contribution in [-0.4, -0.2) is 36.3 Å². The van der Waals surface area contributed by atoms with E-state index in [0.29, 0.717) is 53.0 Å². The molecule has 1 aliphatic rings. The smallest absolute Gasteiger partial charge is 0.244 e. The maximum Gasteiger partial charge on any atom is 0.244 e. The molecule has 5 rings (SSSR count). The van der Waals surface area contributed by atoms with Crippen LogP contribution >= 0.6 is 0 Å². The van der Waals surface area contributed by atoms with Crippen molar-refractivity contribution in [3.63, 3.8) is 0 Å². The lowest BCUT2D eigenvalue weighted by Gasteiger charge is -2.15. The van der Waals surface area contributed by atoms with E-state index in [9.17, 15) is 14.4 Å². The first-order chi connectivity index (χ1) is 18.5. The predicted octanol–water partition coefficient (Wildman–Crippen LogP) is 4.40. The fourth-order valence-electron chi connectivity index (χ4n) is 4.28. The summed E-state index contributed by atoms with van der Waals surface area (Å²) in [5, 5.41) is 3.11. The number of pyridine rings is 1. The molecule has 1 aromatic heterocycles. The summed E-state index contributed by atoms with van der Waals surface area (Å²) in [6, 6.07) is 16.7. The molecule has 1 amide bonds. The van der Waals surface area contributed by atoms with Gasteiger partial charge in [-0.15, -0.1) is 0 Å². The number of benzene rings is 3. The van der Waals surface area contributed by atoms with Crippen LogP contribution in [0.25, 0.3) is 10.9 Å². The van der Waals surface area contributed by atoms with E-state index >= 15 is 0 Å². The van der Waals surface area contributed by atoms with Crippen molar-refractivity contribution in [2.24, 2.45) is 0 Å². The number of hydrogen-bond donors (Lipinski definition) is 1. The lowest BCUT2D eigenvalue weighted by atomic mass is 10.0. The van der Waals surface area contributed by atoms with Gasteiger partial charge in [-0.2, -0.15) is 0 Å². The minimum Gasteiger partial charge on any atom is -0.494 e. The van der Waals surface area contributed by atoms with Gasteiger partial charge in [0, 0.05) is 23.5 Å². The highest BCUT2D eigenvalue weighted by atomic mass is 16.7. The Morgan fingerprint density at radius 3 is 2.37 bits per heavy atom. The third kappa shape index (κ3) is 5.04. The average Bonchev–Trinajstić information content (AvgIpc) is 3.39. The lowest BCUT2D eigenvalue weighted by molar-refractivity contribution is -0.116. The third-order valence-corrected chi connectivity index (χ3v) is 6.01. The van der Waals surface area contributed by atoms with Crippen molar-refractivity contribution < 1.29 is 28.5 Å². The molecule has 0 radical (unpaired) electrons. The van der Waals surface area contributed by atoms with Gasteiger partial charge < -0.3 is 28.8 Å². The molecular weight excluding hydrogens is 488 g/mol. The van der Waals surface area contributed by atoms with E-state index < -0.39 is 11.2 Å². The zero-order valence-electron chi connectivity index (χ0n) is 21.0. The van der Waals surface area contributed by atoms with Crippen LogP contribution in [0, 0.1) is 0 Å². The molecule has 4 aromatic rings. The number of rotatable bonds is 9. The van der Waals surface area contributed by atoms with Gasteiger partial charge in [-0.1, -0.05) is 0 Å². The third-order valence-electron chi connectivity index (χ3n) is 6.01. The molecule has 0 saturated carbocycles. The Balaban J connectivity index is 1.50. The minimum atomic E-state index is -0.452. The molecule has 0 saturated heterocycles. The van der Waals surface area contributed by atoms with Crippen LogP contribution in [0.2, 0.25) is 0 Å². The second-order valence-electron chi connectivity index (χ2n) is 8.51. The molecule has 2 heterocycles. The number of amides is 1. The first kappa shape index (κ1) is 24.9. The van der Waals surface area contributed by atoms with Crippen molar-refractivity contribution >= 4 is 28.3 Å². The highest BCUT2D eigenvalue weighted by molar-refractivity contribution is 6.10. The molecule has 0 unspecified atom stereocenters. The van der Waals surface area contributed by atoms with Gasteiger partial charge in [0.1, 0.15) is 18.0 Å². The molecular formula is C29H26N2O7. The zero-order chi connectivity index (χ0) is 26.6. The Hall–Kier alpha value is -4.79. The van der Waals surface area contributed by atoms with E-state index in [1.165, 1.54) is 6.20 Å². The molecule has 9 heteroatoms. The number of hydrogen-bond acceptors (Lipinski definition) is 7. The van der Waals surface area contributed by atoms with Crippen LogP contribution in [0.5, 0.6) is 23.0 Å². The molecule has 3 aromatic carbocycles. The first-order valence-electron chi connectivity index (χ1n) is 12.2. The van der Waals surface area contributed by atoms with Gasteiger partial charge in [-0.3, -0.25) is 14.4 Å². The van der Waals surface area contributed by atoms with E-state index in [0.717, 1.165) is 0 Å². The topological polar surface area (TPSA) is 105 Å². The predicted molar refractivity (Wildman–Crippen MR) is 142 cm³/mol. The quantitative estimate of drug-likeness (QED) is 0.330. The summed E-state index contributed by atoms with van der Waals surface area (Å²) in [5.41, 5.74) is 0.887. The van der Waals surface area contributed by atoms with Crippen molar-refractivity contribution in [1.82, 2.24) is 4.57 Å². The monoisotopic (exact) mass is 514 g/mol. The Morgan fingerprint density at radius 2 is 1.61 bits per heavy atom. The largest absolute Gasteiger partial charge is 0.494 e. The Kier molecular flexibility index (Phi) is 6.99. The van der Waals surface area contributed by atoms with E-state index in [1.807, 2.05) is 13.8 Å². The van der Waals surface area contributed by atoms with E-state index in [-0.39, 0.29) is 30.2 Å². The first-order valence-corrected chi connectivity index (χ1v) is 12.2. The normalized spacial score (nSPS) is 11.8. The highest BCUT2D eigenvalue weighted by Crippen LogP contribution is 2.34. The molecule has 1 N–H and O–H groups in total. The lowest BCUT2D eigenvalue weighted by Crippen LogP contribution is -2.24. The number of fused-ring (bicyclic) bond motifs is 2. The van der Waals surface area contributed by atoms with E-state index in [4.69, 9.17) is 18.9 Å². The minimum absolute atomic E-state index is 0.0498. The van der Waals surface area contributed by atoms with Crippen LogP contribution < -0.4 is 29.7 Å². The summed E-state index contributed by atoms with van der Waals surface area (Å²) in [4.78, 5) is 39.9. The van der Waals surface area contributed by atoms with Crippen LogP contribution in [-0.2, 0) is 11.3 Å². The Morgan fingerprint density at radius 1 is 0.895 bits per heavy atom. The number of ether oxygens (including phenoxy) is 4. The molecule has 0 spiro atoms. The number of aromatic nitrogens is 1. The highest BCUT2D eigenvalue weighted by Gasteiger charge is 2.20. The summed E-state index contributed by atoms with van der Waals surface area (Å²) < 4.78 is 23.3. The number of carbonyl (C=O) groups excluding carboxylic acids is 2.